The van der Waals surface area contributed by atoms with Crippen LogP contribution in [0.25, 0.3) is 0 Å². The van der Waals surface area contributed by atoms with Gasteiger partial charge >= 0.3 is 0 Å². The van der Waals surface area contributed by atoms with E-state index in [0.717, 1.165) is 18.9 Å². The first-order chi connectivity index (χ1) is 10.2. The topological polar surface area (TPSA) is 47.7 Å². The summed E-state index contributed by atoms with van der Waals surface area (Å²) in [5.74, 6) is 0.931. The Labute approximate surface area is 127 Å². The Morgan fingerprint density at radius 1 is 1.33 bits per heavy atom. The summed E-state index contributed by atoms with van der Waals surface area (Å²) in [5, 5.41) is 0. The highest BCUT2D eigenvalue weighted by molar-refractivity contribution is 5.37. The molecule has 1 aliphatic heterocycles. The lowest BCUT2D eigenvalue weighted by atomic mass is 9.95. The van der Waals surface area contributed by atoms with Gasteiger partial charge in [-0.3, -0.25) is 4.90 Å². The maximum absolute atomic E-state index is 6.37. The maximum atomic E-state index is 6.37. The molecule has 4 heteroatoms. The number of fused-ring (bicyclic) bond motifs is 1. The molecule has 1 heterocycles. The van der Waals surface area contributed by atoms with Crippen LogP contribution in [0.4, 0.5) is 0 Å². The second kappa shape index (κ2) is 6.34. The van der Waals surface area contributed by atoms with Gasteiger partial charge in [0.1, 0.15) is 5.75 Å². The second-order valence-corrected chi connectivity index (χ2v) is 6.19. The standard InChI is InChI=1S/C17H26N2O2/c1-12(18)17(13-6-3-4-8-15(13)20-2)19-10-11-21-16-9-5-7-14(16)19/h3-4,6,8,12,14,16-17H,5,7,9-11,18H2,1-2H3. The van der Waals surface area contributed by atoms with Gasteiger partial charge in [-0.15, -0.1) is 0 Å². The number of methoxy groups -OCH3 is 1. The van der Waals surface area contributed by atoms with Gasteiger partial charge in [0, 0.05) is 24.2 Å². The van der Waals surface area contributed by atoms with E-state index in [1.54, 1.807) is 7.11 Å². The van der Waals surface area contributed by atoms with Crippen LogP contribution in [0, 0.1) is 0 Å². The third-order valence-corrected chi connectivity index (χ3v) is 4.84. The van der Waals surface area contributed by atoms with Crippen LogP contribution in [0.5, 0.6) is 5.75 Å². The van der Waals surface area contributed by atoms with Gasteiger partial charge in [-0.25, -0.2) is 0 Å². The lowest BCUT2D eigenvalue weighted by Crippen LogP contribution is -2.53. The molecule has 4 atom stereocenters. The van der Waals surface area contributed by atoms with Crippen LogP contribution in [0.1, 0.15) is 37.8 Å². The third-order valence-electron chi connectivity index (χ3n) is 4.84. The Bertz CT molecular complexity index is 478. The van der Waals surface area contributed by atoms with Crippen molar-refractivity contribution in [1.82, 2.24) is 4.90 Å². The average molecular weight is 290 g/mol. The summed E-state index contributed by atoms with van der Waals surface area (Å²) in [7, 11) is 1.73. The van der Waals surface area contributed by atoms with Crippen molar-refractivity contribution in [2.24, 2.45) is 5.73 Å². The van der Waals surface area contributed by atoms with E-state index < -0.39 is 0 Å². The number of hydrogen-bond donors (Lipinski definition) is 1. The molecule has 4 nitrogen and oxygen atoms in total. The van der Waals surface area contributed by atoms with Gasteiger partial charge in [-0.2, -0.15) is 0 Å². The first kappa shape index (κ1) is 14.8. The van der Waals surface area contributed by atoms with Gasteiger partial charge in [-0.1, -0.05) is 18.2 Å². The van der Waals surface area contributed by atoms with Crippen molar-refractivity contribution >= 4 is 0 Å². The van der Waals surface area contributed by atoms with E-state index in [1.165, 1.54) is 24.8 Å². The average Bonchev–Trinajstić information content (AvgIpc) is 2.97. The minimum atomic E-state index is 0.0562. The fraction of sp³-hybridized carbons (Fsp3) is 0.647. The van der Waals surface area contributed by atoms with Crippen molar-refractivity contribution in [3.05, 3.63) is 29.8 Å². The van der Waals surface area contributed by atoms with Crippen molar-refractivity contribution in [3.63, 3.8) is 0 Å². The Morgan fingerprint density at radius 2 is 2.14 bits per heavy atom. The zero-order chi connectivity index (χ0) is 14.8. The van der Waals surface area contributed by atoms with Crippen molar-refractivity contribution in [3.8, 4) is 5.75 Å². The molecule has 0 amide bonds. The van der Waals surface area contributed by atoms with Crippen molar-refractivity contribution in [2.45, 2.75) is 50.4 Å². The molecule has 2 aliphatic rings. The van der Waals surface area contributed by atoms with Gasteiger partial charge in [0.2, 0.25) is 0 Å². The van der Waals surface area contributed by atoms with Gasteiger partial charge in [0.15, 0.2) is 0 Å². The summed E-state index contributed by atoms with van der Waals surface area (Å²) in [5.41, 5.74) is 7.56. The summed E-state index contributed by atoms with van der Waals surface area (Å²) >= 11 is 0. The number of benzene rings is 1. The first-order valence-electron chi connectivity index (χ1n) is 7.98. The molecule has 21 heavy (non-hydrogen) atoms. The highest BCUT2D eigenvalue weighted by Gasteiger charge is 2.41. The fourth-order valence-electron chi connectivity index (χ4n) is 3.98. The molecule has 0 radical (unpaired) electrons. The van der Waals surface area contributed by atoms with Crippen molar-refractivity contribution < 1.29 is 9.47 Å². The summed E-state index contributed by atoms with van der Waals surface area (Å²) in [6.45, 7) is 3.85. The van der Waals surface area contributed by atoms with E-state index in [0.29, 0.717) is 12.1 Å². The minimum Gasteiger partial charge on any atom is -0.496 e. The number of morpholine rings is 1. The molecule has 3 rings (SSSR count). The predicted octanol–water partition coefficient (Wildman–Crippen LogP) is 2.34. The Morgan fingerprint density at radius 3 is 2.90 bits per heavy atom. The molecule has 116 valence electrons. The lowest BCUT2D eigenvalue weighted by molar-refractivity contribution is -0.0755. The Balaban J connectivity index is 1.94. The van der Waals surface area contributed by atoms with Crippen LogP contribution < -0.4 is 10.5 Å². The molecule has 4 unspecified atom stereocenters. The summed E-state index contributed by atoms with van der Waals surface area (Å²) < 4.78 is 11.5. The molecular weight excluding hydrogens is 264 g/mol. The zero-order valence-corrected chi connectivity index (χ0v) is 13.0. The smallest absolute Gasteiger partial charge is 0.123 e. The van der Waals surface area contributed by atoms with Crippen LogP contribution >= 0.6 is 0 Å². The van der Waals surface area contributed by atoms with Crippen LogP contribution in [-0.2, 0) is 4.74 Å². The minimum absolute atomic E-state index is 0.0562. The number of nitrogens with zero attached hydrogens (tertiary/aromatic N) is 1. The SMILES string of the molecule is COc1ccccc1C(C(C)N)N1CCOC2CCCC21. The quantitative estimate of drug-likeness (QED) is 0.924. The molecular formula is C17H26N2O2. The summed E-state index contributed by atoms with van der Waals surface area (Å²) in [6.07, 6.45) is 4.03. The normalized spacial score (nSPS) is 28.9. The van der Waals surface area contributed by atoms with Crippen molar-refractivity contribution in [2.75, 3.05) is 20.3 Å². The van der Waals surface area contributed by atoms with E-state index in [4.69, 9.17) is 15.2 Å². The van der Waals surface area contributed by atoms with Crippen LogP contribution in [0.3, 0.4) is 0 Å². The first-order valence-corrected chi connectivity index (χ1v) is 7.98. The van der Waals surface area contributed by atoms with Gasteiger partial charge in [-0.05, 0) is 32.3 Å². The van der Waals surface area contributed by atoms with E-state index >= 15 is 0 Å². The molecule has 0 bridgehead atoms. The highest BCUT2D eigenvalue weighted by atomic mass is 16.5. The number of nitrogens with two attached hydrogens (primary N) is 1. The Hall–Kier alpha value is -1.10. The maximum Gasteiger partial charge on any atom is 0.123 e. The molecule has 0 spiro atoms. The molecule has 1 saturated carbocycles. The van der Waals surface area contributed by atoms with E-state index in [1.807, 2.05) is 12.1 Å². The number of ether oxygens (including phenoxy) is 2. The highest BCUT2D eigenvalue weighted by Crippen LogP contribution is 2.38. The molecule has 1 saturated heterocycles. The van der Waals surface area contributed by atoms with E-state index in [2.05, 4.69) is 24.0 Å². The van der Waals surface area contributed by atoms with Gasteiger partial charge < -0.3 is 15.2 Å². The number of para-hydroxylation sites is 1. The molecule has 0 aromatic heterocycles. The van der Waals surface area contributed by atoms with Crippen LogP contribution in [0.2, 0.25) is 0 Å². The van der Waals surface area contributed by atoms with Crippen LogP contribution in [0.15, 0.2) is 24.3 Å². The predicted molar refractivity (Wildman–Crippen MR) is 83.5 cm³/mol. The number of rotatable bonds is 4. The van der Waals surface area contributed by atoms with E-state index in [-0.39, 0.29) is 12.1 Å². The fourth-order valence-corrected chi connectivity index (χ4v) is 3.98. The largest absolute Gasteiger partial charge is 0.496 e. The summed E-state index contributed by atoms with van der Waals surface area (Å²) in [4.78, 5) is 2.56. The Kier molecular flexibility index (Phi) is 4.48. The monoisotopic (exact) mass is 290 g/mol. The molecule has 1 aliphatic carbocycles. The van der Waals surface area contributed by atoms with Crippen LogP contribution in [-0.4, -0.2) is 43.3 Å². The number of hydrogen-bond acceptors (Lipinski definition) is 4. The third kappa shape index (κ3) is 2.80. The van der Waals surface area contributed by atoms with E-state index in [9.17, 15) is 0 Å². The van der Waals surface area contributed by atoms with Crippen molar-refractivity contribution in [1.29, 1.82) is 0 Å². The molecule has 2 N–H and O–H groups in total. The second-order valence-electron chi connectivity index (χ2n) is 6.19. The molecule has 2 fully saturated rings. The molecule has 1 aromatic carbocycles. The molecule has 1 aromatic rings. The summed E-state index contributed by atoms with van der Waals surface area (Å²) in [6, 6.07) is 9.00. The van der Waals surface area contributed by atoms with Gasteiger partial charge in [0.25, 0.3) is 0 Å². The zero-order valence-electron chi connectivity index (χ0n) is 13.0. The van der Waals surface area contributed by atoms with Gasteiger partial charge in [0.05, 0.1) is 25.9 Å². The lowest BCUT2D eigenvalue weighted by Gasteiger charge is -2.44.